The van der Waals surface area contributed by atoms with E-state index in [-0.39, 0.29) is 16.9 Å². The number of benzene rings is 2. The molecule has 0 atom stereocenters. The lowest BCUT2D eigenvalue weighted by Gasteiger charge is -2.03. The number of hydrazone groups is 1. The monoisotopic (exact) mass is 328 g/mol. The van der Waals surface area contributed by atoms with Crippen molar-refractivity contribution in [2.24, 2.45) is 5.10 Å². The molecule has 1 amide bonds. The van der Waals surface area contributed by atoms with Crippen LogP contribution in [0.4, 0.5) is 11.4 Å². The minimum atomic E-state index is -0.597. The smallest absolute Gasteiger partial charge is 0.267 e. The summed E-state index contributed by atoms with van der Waals surface area (Å²) in [5.74, 6) is -0.597. The molecule has 0 aliphatic rings. The lowest BCUT2D eigenvalue weighted by molar-refractivity contribution is -0.385. The van der Waals surface area contributed by atoms with Crippen molar-refractivity contribution in [2.75, 3.05) is 0 Å². The molecule has 0 saturated carbocycles. The molecule has 24 heavy (non-hydrogen) atoms. The molecule has 0 saturated heterocycles. The molecule has 0 radical (unpaired) electrons. The molecule has 2 aromatic rings. The van der Waals surface area contributed by atoms with Gasteiger partial charge in [0.15, 0.2) is 0 Å². The molecular weight excluding hydrogens is 316 g/mol. The van der Waals surface area contributed by atoms with Crippen LogP contribution < -0.4 is 5.43 Å². The number of non-ortho nitro benzene ring substituents is 2. The van der Waals surface area contributed by atoms with E-state index in [2.05, 4.69) is 10.5 Å². The summed E-state index contributed by atoms with van der Waals surface area (Å²) in [5, 5.41) is 25.2. The topological polar surface area (TPSA) is 128 Å². The molecule has 2 aromatic carbocycles. The van der Waals surface area contributed by atoms with E-state index in [0.29, 0.717) is 11.3 Å². The molecule has 0 heterocycles. The summed E-state index contributed by atoms with van der Waals surface area (Å²) in [4.78, 5) is 32.2. The maximum atomic E-state index is 12.0. The minimum Gasteiger partial charge on any atom is -0.267 e. The highest BCUT2D eigenvalue weighted by Gasteiger charge is 2.11. The molecule has 0 fully saturated rings. The molecule has 0 spiro atoms. The van der Waals surface area contributed by atoms with Gasteiger partial charge in [-0.05, 0) is 30.7 Å². The Balaban J connectivity index is 2.11. The number of hydrogen-bond acceptors (Lipinski definition) is 6. The van der Waals surface area contributed by atoms with Gasteiger partial charge in [0.2, 0.25) is 0 Å². The third-order valence-electron chi connectivity index (χ3n) is 3.14. The number of amides is 1. The normalized spacial score (nSPS) is 11.0. The first-order chi connectivity index (χ1) is 11.4. The van der Waals surface area contributed by atoms with Gasteiger partial charge in [0, 0.05) is 29.8 Å². The van der Waals surface area contributed by atoms with Gasteiger partial charge < -0.3 is 0 Å². The van der Waals surface area contributed by atoms with Crippen molar-refractivity contribution in [1.29, 1.82) is 0 Å². The lowest BCUT2D eigenvalue weighted by atomic mass is 10.1. The Labute approximate surface area is 135 Å². The molecule has 0 aromatic heterocycles. The average Bonchev–Trinajstić information content (AvgIpc) is 2.59. The number of carbonyl (C=O) groups excluding carboxylic acids is 1. The first-order valence-corrected chi connectivity index (χ1v) is 6.72. The SMILES string of the molecule is C/C(=N\NC(=O)c1cccc([N+](=O)[O-])c1)c1ccc([N+](=O)[O-])cc1. The Morgan fingerprint density at radius 2 is 1.58 bits per heavy atom. The van der Waals surface area contributed by atoms with Crippen LogP contribution in [0.25, 0.3) is 0 Å². The second-order valence-corrected chi connectivity index (χ2v) is 4.75. The zero-order valence-electron chi connectivity index (χ0n) is 12.5. The van der Waals surface area contributed by atoms with Gasteiger partial charge in [-0.3, -0.25) is 25.0 Å². The van der Waals surface area contributed by atoms with E-state index in [1.807, 2.05) is 0 Å². The van der Waals surface area contributed by atoms with Crippen LogP contribution >= 0.6 is 0 Å². The Morgan fingerprint density at radius 1 is 0.958 bits per heavy atom. The van der Waals surface area contributed by atoms with Gasteiger partial charge in [-0.1, -0.05) is 6.07 Å². The van der Waals surface area contributed by atoms with Crippen LogP contribution in [0, 0.1) is 20.2 Å². The maximum absolute atomic E-state index is 12.0. The van der Waals surface area contributed by atoms with E-state index in [9.17, 15) is 25.0 Å². The number of carbonyl (C=O) groups is 1. The largest absolute Gasteiger partial charge is 0.271 e. The van der Waals surface area contributed by atoms with Crippen molar-refractivity contribution in [1.82, 2.24) is 5.43 Å². The van der Waals surface area contributed by atoms with Gasteiger partial charge in [0.1, 0.15) is 0 Å². The molecule has 122 valence electrons. The predicted octanol–water partition coefficient (Wildman–Crippen LogP) is 2.66. The van der Waals surface area contributed by atoms with Gasteiger partial charge in [-0.25, -0.2) is 5.43 Å². The molecule has 0 unspecified atom stereocenters. The van der Waals surface area contributed by atoms with E-state index < -0.39 is 15.8 Å². The summed E-state index contributed by atoms with van der Waals surface area (Å²) in [5.41, 5.74) is 3.18. The van der Waals surface area contributed by atoms with Crippen molar-refractivity contribution in [2.45, 2.75) is 6.92 Å². The Morgan fingerprint density at radius 3 is 2.17 bits per heavy atom. The highest BCUT2D eigenvalue weighted by molar-refractivity contribution is 6.01. The zero-order chi connectivity index (χ0) is 17.7. The highest BCUT2D eigenvalue weighted by Crippen LogP contribution is 2.14. The highest BCUT2D eigenvalue weighted by atomic mass is 16.6. The van der Waals surface area contributed by atoms with Crippen LogP contribution in [-0.2, 0) is 0 Å². The van der Waals surface area contributed by atoms with Gasteiger partial charge in [0.05, 0.1) is 15.6 Å². The number of nitrogens with one attached hydrogen (secondary N) is 1. The second kappa shape index (κ2) is 7.09. The van der Waals surface area contributed by atoms with Gasteiger partial charge >= 0.3 is 0 Å². The number of nitrogens with zero attached hydrogens (tertiary/aromatic N) is 3. The van der Waals surface area contributed by atoms with Crippen molar-refractivity contribution >= 4 is 23.0 Å². The van der Waals surface area contributed by atoms with Crippen LogP contribution in [0.5, 0.6) is 0 Å². The summed E-state index contributed by atoms with van der Waals surface area (Å²) in [7, 11) is 0. The summed E-state index contributed by atoms with van der Waals surface area (Å²) < 4.78 is 0. The summed E-state index contributed by atoms with van der Waals surface area (Å²) in [6, 6.07) is 10.9. The van der Waals surface area contributed by atoms with Gasteiger partial charge in [0.25, 0.3) is 17.3 Å². The lowest BCUT2D eigenvalue weighted by Crippen LogP contribution is -2.19. The molecule has 0 aliphatic carbocycles. The van der Waals surface area contributed by atoms with E-state index in [1.54, 1.807) is 6.92 Å². The van der Waals surface area contributed by atoms with E-state index in [4.69, 9.17) is 0 Å². The quantitative estimate of drug-likeness (QED) is 0.512. The maximum Gasteiger partial charge on any atom is 0.271 e. The van der Waals surface area contributed by atoms with E-state index >= 15 is 0 Å². The predicted molar refractivity (Wildman–Crippen MR) is 85.9 cm³/mol. The minimum absolute atomic E-state index is 0.0489. The Hall–Kier alpha value is -3.62. The Kier molecular flexibility index (Phi) is 4.95. The molecule has 2 rings (SSSR count). The number of rotatable bonds is 5. The fourth-order valence-electron chi connectivity index (χ4n) is 1.85. The first kappa shape index (κ1) is 16.7. The van der Waals surface area contributed by atoms with E-state index in [1.165, 1.54) is 42.5 Å². The average molecular weight is 328 g/mol. The van der Waals surface area contributed by atoms with Gasteiger partial charge in [-0.15, -0.1) is 0 Å². The van der Waals surface area contributed by atoms with Crippen molar-refractivity contribution in [3.8, 4) is 0 Å². The third-order valence-corrected chi connectivity index (χ3v) is 3.14. The molecular formula is C15H12N4O5. The van der Waals surface area contributed by atoms with Crippen LogP contribution in [0.2, 0.25) is 0 Å². The summed E-state index contributed by atoms with van der Waals surface area (Å²) in [6.45, 7) is 1.62. The van der Waals surface area contributed by atoms with Crippen molar-refractivity contribution in [3.05, 3.63) is 79.9 Å². The van der Waals surface area contributed by atoms with Crippen LogP contribution in [0.3, 0.4) is 0 Å². The molecule has 1 N–H and O–H groups in total. The number of nitro groups is 2. The van der Waals surface area contributed by atoms with Crippen LogP contribution in [0.1, 0.15) is 22.8 Å². The molecule has 9 nitrogen and oxygen atoms in total. The van der Waals surface area contributed by atoms with Crippen LogP contribution in [0.15, 0.2) is 53.6 Å². The number of hydrogen-bond donors (Lipinski definition) is 1. The van der Waals surface area contributed by atoms with E-state index in [0.717, 1.165) is 6.07 Å². The standard InChI is InChI=1S/C15H12N4O5/c1-10(11-5-7-13(8-6-11)18(21)22)16-17-15(20)12-3-2-4-14(9-12)19(23)24/h2-9H,1H3,(H,17,20)/b16-10+. The second-order valence-electron chi connectivity index (χ2n) is 4.75. The Bertz CT molecular complexity index is 830. The zero-order valence-corrected chi connectivity index (χ0v) is 12.5. The summed E-state index contributed by atoms with van der Waals surface area (Å²) in [6.07, 6.45) is 0. The molecule has 9 heteroatoms. The third kappa shape index (κ3) is 3.97. The fourth-order valence-corrected chi connectivity index (χ4v) is 1.85. The van der Waals surface area contributed by atoms with Crippen LogP contribution in [-0.4, -0.2) is 21.5 Å². The fraction of sp³-hybridized carbons (Fsp3) is 0.0667. The van der Waals surface area contributed by atoms with Gasteiger partial charge in [-0.2, -0.15) is 5.10 Å². The summed E-state index contributed by atoms with van der Waals surface area (Å²) >= 11 is 0. The van der Waals surface area contributed by atoms with Crippen molar-refractivity contribution < 1.29 is 14.6 Å². The first-order valence-electron chi connectivity index (χ1n) is 6.72. The molecule has 0 bridgehead atoms. The molecule has 0 aliphatic heterocycles. The van der Waals surface area contributed by atoms with Crippen molar-refractivity contribution in [3.63, 3.8) is 0 Å². The number of nitro benzene ring substituents is 2.